The molecule has 2 aromatic carbocycles. The Hall–Kier alpha value is -2.49. The number of rotatable bonds is 7. The maximum absolute atomic E-state index is 11.1. The fourth-order valence-corrected chi connectivity index (χ4v) is 2.23. The topological polar surface area (TPSA) is 44.8 Å². The molecule has 0 spiro atoms. The van der Waals surface area contributed by atoms with E-state index in [1.807, 2.05) is 31.2 Å². The first-order valence-electron chi connectivity index (χ1n) is 7.66. The van der Waals surface area contributed by atoms with Crippen molar-refractivity contribution in [3.8, 4) is 23.0 Å². The molecular weight excluding hydrogens is 292 g/mol. The fourth-order valence-electron chi connectivity index (χ4n) is 2.23. The van der Waals surface area contributed by atoms with Crippen molar-refractivity contribution in [1.82, 2.24) is 0 Å². The van der Waals surface area contributed by atoms with Crippen LogP contribution in [0.2, 0.25) is 0 Å². The SMILES string of the molecule is CCOc1c(OC)cc(C=O)cc1Oc1ccc(C(C)C)cc1. The summed E-state index contributed by atoms with van der Waals surface area (Å²) < 4.78 is 16.9. The van der Waals surface area contributed by atoms with Crippen LogP contribution < -0.4 is 14.2 Å². The number of carbonyl (C=O) groups excluding carboxylic acids is 1. The second-order valence-electron chi connectivity index (χ2n) is 5.43. The average Bonchev–Trinajstić information content (AvgIpc) is 2.56. The Bertz CT molecular complexity index is 660. The Morgan fingerprint density at radius 1 is 1.09 bits per heavy atom. The highest BCUT2D eigenvalue weighted by Gasteiger charge is 2.15. The van der Waals surface area contributed by atoms with E-state index in [1.54, 1.807) is 12.1 Å². The summed E-state index contributed by atoms with van der Waals surface area (Å²) in [5.41, 5.74) is 1.71. The summed E-state index contributed by atoms with van der Waals surface area (Å²) in [6.45, 7) is 6.64. The van der Waals surface area contributed by atoms with E-state index in [4.69, 9.17) is 14.2 Å². The van der Waals surface area contributed by atoms with Crippen molar-refractivity contribution >= 4 is 6.29 Å². The molecule has 0 heterocycles. The van der Waals surface area contributed by atoms with Crippen molar-refractivity contribution in [1.29, 1.82) is 0 Å². The summed E-state index contributed by atoms with van der Waals surface area (Å²) in [6.07, 6.45) is 0.757. The van der Waals surface area contributed by atoms with E-state index in [0.29, 0.717) is 41.1 Å². The molecule has 23 heavy (non-hydrogen) atoms. The summed E-state index contributed by atoms with van der Waals surface area (Å²) in [6, 6.07) is 11.2. The lowest BCUT2D eigenvalue weighted by atomic mass is 10.0. The largest absolute Gasteiger partial charge is 0.493 e. The van der Waals surface area contributed by atoms with Crippen LogP contribution in [0.4, 0.5) is 0 Å². The number of hydrogen-bond donors (Lipinski definition) is 0. The van der Waals surface area contributed by atoms with Crippen molar-refractivity contribution in [2.24, 2.45) is 0 Å². The van der Waals surface area contributed by atoms with Gasteiger partial charge in [0.25, 0.3) is 0 Å². The molecular formula is C19H22O4. The molecule has 0 bridgehead atoms. The second-order valence-corrected chi connectivity index (χ2v) is 5.43. The first kappa shape index (κ1) is 16.9. The Labute approximate surface area is 137 Å². The molecule has 0 fully saturated rings. The van der Waals surface area contributed by atoms with Gasteiger partial charge in [0.05, 0.1) is 13.7 Å². The Morgan fingerprint density at radius 2 is 1.74 bits per heavy atom. The Morgan fingerprint density at radius 3 is 2.26 bits per heavy atom. The number of ether oxygens (including phenoxy) is 3. The van der Waals surface area contributed by atoms with Crippen LogP contribution in [-0.2, 0) is 0 Å². The smallest absolute Gasteiger partial charge is 0.204 e. The molecule has 0 radical (unpaired) electrons. The van der Waals surface area contributed by atoms with Crippen LogP contribution in [0.5, 0.6) is 23.0 Å². The van der Waals surface area contributed by atoms with Gasteiger partial charge in [-0.15, -0.1) is 0 Å². The summed E-state index contributed by atoms with van der Waals surface area (Å²) >= 11 is 0. The second kappa shape index (κ2) is 7.68. The van der Waals surface area contributed by atoms with Gasteiger partial charge < -0.3 is 14.2 Å². The van der Waals surface area contributed by atoms with Crippen LogP contribution in [0.25, 0.3) is 0 Å². The zero-order valence-electron chi connectivity index (χ0n) is 14.0. The molecule has 0 saturated carbocycles. The monoisotopic (exact) mass is 314 g/mol. The van der Waals surface area contributed by atoms with Gasteiger partial charge in [-0.25, -0.2) is 0 Å². The fraction of sp³-hybridized carbons (Fsp3) is 0.316. The third kappa shape index (κ3) is 4.03. The zero-order valence-corrected chi connectivity index (χ0v) is 14.0. The normalized spacial score (nSPS) is 10.5. The molecule has 4 heteroatoms. The first-order valence-corrected chi connectivity index (χ1v) is 7.66. The van der Waals surface area contributed by atoms with E-state index in [0.717, 1.165) is 6.29 Å². The molecule has 4 nitrogen and oxygen atoms in total. The maximum Gasteiger partial charge on any atom is 0.204 e. The third-order valence-corrected chi connectivity index (χ3v) is 3.46. The van der Waals surface area contributed by atoms with Gasteiger partial charge in [-0.2, -0.15) is 0 Å². The lowest BCUT2D eigenvalue weighted by Crippen LogP contribution is -2.00. The minimum Gasteiger partial charge on any atom is -0.493 e. The molecule has 0 aliphatic heterocycles. The number of hydrogen-bond acceptors (Lipinski definition) is 4. The first-order chi connectivity index (χ1) is 11.1. The molecule has 0 aliphatic rings. The van der Waals surface area contributed by atoms with Gasteiger partial charge in [0, 0.05) is 5.56 Å². The molecule has 0 atom stereocenters. The van der Waals surface area contributed by atoms with E-state index in [9.17, 15) is 4.79 Å². The predicted molar refractivity (Wildman–Crippen MR) is 90.2 cm³/mol. The highest BCUT2D eigenvalue weighted by atomic mass is 16.5. The summed E-state index contributed by atoms with van der Waals surface area (Å²) in [5.74, 6) is 2.58. The number of aldehydes is 1. The van der Waals surface area contributed by atoms with E-state index >= 15 is 0 Å². The van der Waals surface area contributed by atoms with E-state index in [1.165, 1.54) is 12.7 Å². The van der Waals surface area contributed by atoms with Crippen LogP contribution in [-0.4, -0.2) is 20.0 Å². The van der Waals surface area contributed by atoms with Crippen LogP contribution in [0.15, 0.2) is 36.4 Å². The highest BCUT2D eigenvalue weighted by Crippen LogP contribution is 2.40. The molecule has 0 aromatic heterocycles. The average molecular weight is 314 g/mol. The van der Waals surface area contributed by atoms with Gasteiger partial charge in [0.15, 0.2) is 11.5 Å². The van der Waals surface area contributed by atoms with Gasteiger partial charge >= 0.3 is 0 Å². The van der Waals surface area contributed by atoms with Crippen molar-refractivity contribution in [2.45, 2.75) is 26.7 Å². The van der Waals surface area contributed by atoms with Gasteiger partial charge in [-0.3, -0.25) is 4.79 Å². The highest BCUT2D eigenvalue weighted by molar-refractivity contribution is 5.78. The van der Waals surface area contributed by atoms with Crippen molar-refractivity contribution in [3.05, 3.63) is 47.5 Å². The number of carbonyl (C=O) groups is 1. The number of benzene rings is 2. The lowest BCUT2D eigenvalue weighted by molar-refractivity contribution is 0.112. The molecule has 0 saturated heterocycles. The van der Waals surface area contributed by atoms with Gasteiger partial charge in [-0.1, -0.05) is 26.0 Å². The molecule has 0 aliphatic carbocycles. The quantitative estimate of drug-likeness (QED) is 0.687. The minimum atomic E-state index is 0.460. The van der Waals surface area contributed by atoms with E-state index in [2.05, 4.69) is 13.8 Å². The number of methoxy groups -OCH3 is 1. The molecule has 2 aromatic rings. The Balaban J connectivity index is 2.38. The van der Waals surface area contributed by atoms with Crippen molar-refractivity contribution in [2.75, 3.05) is 13.7 Å². The molecule has 122 valence electrons. The minimum absolute atomic E-state index is 0.460. The van der Waals surface area contributed by atoms with Crippen LogP contribution in [0, 0.1) is 0 Å². The standard InChI is InChI=1S/C19H22O4/c1-5-22-19-17(21-4)10-14(12-20)11-18(19)23-16-8-6-15(7-9-16)13(2)3/h6-13H,5H2,1-4H3. The molecule has 0 amide bonds. The summed E-state index contributed by atoms with van der Waals surface area (Å²) in [5, 5.41) is 0. The third-order valence-electron chi connectivity index (χ3n) is 3.46. The predicted octanol–water partition coefficient (Wildman–Crippen LogP) is 4.82. The van der Waals surface area contributed by atoms with E-state index in [-0.39, 0.29) is 0 Å². The Kier molecular flexibility index (Phi) is 5.63. The lowest BCUT2D eigenvalue weighted by Gasteiger charge is -2.16. The van der Waals surface area contributed by atoms with Gasteiger partial charge in [0.1, 0.15) is 12.0 Å². The maximum atomic E-state index is 11.1. The molecule has 2 rings (SSSR count). The van der Waals surface area contributed by atoms with Crippen LogP contribution in [0.3, 0.4) is 0 Å². The van der Waals surface area contributed by atoms with Gasteiger partial charge in [-0.05, 0) is 42.7 Å². The van der Waals surface area contributed by atoms with Crippen LogP contribution in [0.1, 0.15) is 42.6 Å². The van der Waals surface area contributed by atoms with Gasteiger partial charge in [0.2, 0.25) is 5.75 Å². The van der Waals surface area contributed by atoms with E-state index < -0.39 is 0 Å². The zero-order chi connectivity index (χ0) is 16.8. The van der Waals surface area contributed by atoms with Crippen LogP contribution >= 0.6 is 0 Å². The van der Waals surface area contributed by atoms with Crippen molar-refractivity contribution < 1.29 is 19.0 Å². The molecule has 0 unspecified atom stereocenters. The molecule has 0 N–H and O–H groups in total. The summed E-state index contributed by atoms with van der Waals surface area (Å²) in [7, 11) is 1.54. The summed E-state index contributed by atoms with van der Waals surface area (Å²) in [4.78, 5) is 11.1. The van der Waals surface area contributed by atoms with Crippen molar-refractivity contribution in [3.63, 3.8) is 0 Å².